The van der Waals surface area contributed by atoms with Crippen molar-refractivity contribution in [2.24, 2.45) is 0 Å². The van der Waals surface area contributed by atoms with Gasteiger partial charge in [-0.25, -0.2) is 0 Å². The zero-order chi connectivity index (χ0) is 14.5. The minimum atomic E-state index is -0.0521. The number of anilines is 1. The van der Waals surface area contributed by atoms with Crippen molar-refractivity contribution < 1.29 is 4.79 Å². The van der Waals surface area contributed by atoms with E-state index in [0.717, 1.165) is 6.54 Å². The number of nitrogens with one attached hydrogen (secondary N) is 1. The maximum Gasteiger partial charge on any atom is 0.240 e. The molecule has 5 nitrogen and oxygen atoms in total. The fraction of sp³-hybridized carbons (Fsp3) is 0.462. The quantitative estimate of drug-likeness (QED) is 0.891. The van der Waals surface area contributed by atoms with Crippen LogP contribution in [0.3, 0.4) is 0 Å². The smallest absolute Gasteiger partial charge is 0.240 e. The van der Waals surface area contributed by atoms with Crippen molar-refractivity contribution in [1.29, 1.82) is 0 Å². The Kier molecular flexibility index (Phi) is 5.22. The Balaban J connectivity index is 1.93. The molecular weight excluding hydrogens is 292 g/mol. The van der Waals surface area contributed by atoms with E-state index in [4.69, 9.17) is 0 Å². The van der Waals surface area contributed by atoms with Crippen molar-refractivity contribution in [3.8, 4) is 0 Å². The molecule has 0 spiro atoms. The van der Waals surface area contributed by atoms with Crippen LogP contribution in [0.2, 0.25) is 0 Å². The molecule has 0 atom stereocenters. The van der Waals surface area contributed by atoms with Gasteiger partial charge in [-0.3, -0.25) is 15.0 Å². The number of amides is 1. The van der Waals surface area contributed by atoms with Crippen molar-refractivity contribution in [3.63, 3.8) is 0 Å². The van der Waals surface area contributed by atoms with Crippen LogP contribution in [-0.4, -0.2) is 33.6 Å². The Labute approximate surface area is 126 Å². The molecule has 1 amide bonds. The fourth-order valence-corrected chi connectivity index (χ4v) is 3.14. The van der Waals surface area contributed by atoms with Crippen molar-refractivity contribution >= 4 is 33.7 Å². The van der Waals surface area contributed by atoms with Crippen LogP contribution in [0.25, 0.3) is 0 Å². The first-order valence-corrected chi connectivity index (χ1v) is 8.09. The lowest BCUT2D eigenvalue weighted by Crippen LogP contribution is -2.37. The first kappa shape index (κ1) is 15.1. The first-order chi connectivity index (χ1) is 9.54. The largest absolute Gasteiger partial charge is 0.299 e. The van der Waals surface area contributed by atoms with Crippen LogP contribution in [-0.2, 0) is 11.3 Å². The van der Waals surface area contributed by atoms with E-state index in [-0.39, 0.29) is 5.91 Å². The predicted octanol–water partition coefficient (Wildman–Crippen LogP) is 2.76. The summed E-state index contributed by atoms with van der Waals surface area (Å²) in [5.41, 5.74) is 1.60. The van der Waals surface area contributed by atoms with Crippen LogP contribution in [0, 0.1) is 6.92 Å². The summed E-state index contributed by atoms with van der Waals surface area (Å²) in [5.74, 6) is -0.0521. The number of aryl methyl sites for hydroxylation is 1. The third kappa shape index (κ3) is 4.36. The second-order valence-corrected chi connectivity index (χ2v) is 7.01. The van der Waals surface area contributed by atoms with E-state index in [1.54, 1.807) is 16.8 Å². The maximum absolute atomic E-state index is 12.0. The molecule has 2 aromatic heterocycles. The van der Waals surface area contributed by atoms with E-state index in [1.165, 1.54) is 21.1 Å². The van der Waals surface area contributed by atoms with Crippen molar-refractivity contribution in [3.05, 3.63) is 27.4 Å². The molecule has 0 aliphatic carbocycles. The number of aromatic nitrogens is 2. The lowest BCUT2D eigenvalue weighted by atomic mass is 10.3. The van der Waals surface area contributed by atoms with Gasteiger partial charge in [0.2, 0.25) is 11.0 Å². The minimum Gasteiger partial charge on any atom is -0.299 e. The van der Waals surface area contributed by atoms with E-state index in [9.17, 15) is 4.79 Å². The van der Waals surface area contributed by atoms with Gasteiger partial charge >= 0.3 is 0 Å². The van der Waals surface area contributed by atoms with E-state index in [1.807, 2.05) is 0 Å². The standard InChI is InChI=1S/C13H18N4OS2/c1-9(2)17(6-11-5-4-10(3)20-11)7-12(18)15-13-16-14-8-19-13/h4-5,8-9H,6-7H2,1-3H3,(H,15,16,18). The second-order valence-electron chi connectivity index (χ2n) is 4.80. The number of rotatable bonds is 6. The number of hydrogen-bond donors (Lipinski definition) is 1. The molecule has 0 aliphatic rings. The van der Waals surface area contributed by atoms with Gasteiger partial charge in [-0.1, -0.05) is 11.3 Å². The molecule has 0 fully saturated rings. The van der Waals surface area contributed by atoms with Gasteiger partial charge in [0.15, 0.2) is 0 Å². The summed E-state index contributed by atoms with van der Waals surface area (Å²) in [6.07, 6.45) is 0. The SMILES string of the molecule is Cc1ccc(CN(CC(=O)Nc2nncs2)C(C)C)s1. The fourth-order valence-electron chi connectivity index (χ4n) is 1.76. The lowest BCUT2D eigenvalue weighted by molar-refractivity contribution is -0.117. The van der Waals surface area contributed by atoms with Gasteiger partial charge in [0.25, 0.3) is 0 Å². The molecule has 1 N–H and O–H groups in total. The molecule has 20 heavy (non-hydrogen) atoms. The molecule has 2 heterocycles. The Morgan fingerprint density at radius 2 is 2.25 bits per heavy atom. The number of carbonyl (C=O) groups excluding carboxylic acids is 1. The van der Waals surface area contributed by atoms with Gasteiger partial charge in [0.05, 0.1) is 6.54 Å². The van der Waals surface area contributed by atoms with Gasteiger partial charge in [0, 0.05) is 22.3 Å². The normalized spacial score (nSPS) is 11.2. The Bertz CT molecular complexity index is 550. The molecule has 0 aliphatic heterocycles. The summed E-state index contributed by atoms with van der Waals surface area (Å²) in [6.45, 7) is 7.43. The van der Waals surface area contributed by atoms with Gasteiger partial charge in [-0.05, 0) is 32.9 Å². The van der Waals surface area contributed by atoms with Crippen LogP contribution >= 0.6 is 22.7 Å². The highest BCUT2D eigenvalue weighted by molar-refractivity contribution is 7.13. The van der Waals surface area contributed by atoms with Crippen LogP contribution in [0.15, 0.2) is 17.6 Å². The molecule has 0 unspecified atom stereocenters. The van der Waals surface area contributed by atoms with E-state index in [2.05, 4.69) is 53.3 Å². The van der Waals surface area contributed by atoms with Gasteiger partial charge in [-0.15, -0.1) is 21.5 Å². The Morgan fingerprint density at radius 1 is 1.45 bits per heavy atom. The van der Waals surface area contributed by atoms with E-state index < -0.39 is 0 Å². The number of carbonyl (C=O) groups is 1. The summed E-state index contributed by atoms with van der Waals surface area (Å²) in [4.78, 5) is 16.7. The second kappa shape index (κ2) is 6.92. The Morgan fingerprint density at radius 3 is 2.80 bits per heavy atom. The van der Waals surface area contributed by atoms with Crippen molar-refractivity contribution in [1.82, 2.24) is 15.1 Å². The molecule has 2 aromatic rings. The topological polar surface area (TPSA) is 58.1 Å². The van der Waals surface area contributed by atoms with Crippen LogP contribution in [0.1, 0.15) is 23.6 Å². The third-order valence-corrected chi connectivity index (χ3v) is 4.43. The first-order valence-electron chi connectivity index (χ1n) is 6.40. The van der Waals surface area contributed by atoms with E-state index in [0.29, 0.717) is 17.7 Å². The van der Waals surface area contributed by atoms with Crippen LogP contribution < -0.4 is 5.32 Å². The Hall–Kier alpha value is -1.31. The lowest BCUT2D eigenvalue weighted by Gasteiger charge is -2.24. The summed E-state index contributed by atoms with van der Waals surface area (Å²) in [6, 6.07) is 4.54. The molecule has 7 heteroatoms. The summed E-state index contributed by atoms with van der Waals surface area (Å²) >= 11 is 3.10. The predicted molar refractivity (Wildman–Crippen MR) is 83.1 cm³/mol. The van der Waals surface area contributed by atoms with Gasteiger partial charge < -0.3 is 0 Å². The van der Waals surface area contributed by atoms with Crippen molar-refractivity contribution in [2.75, 3.05) is 11.9 Å². The highest BCUT2D eigenvalue weighted by atomic mass is 32.1. The number of nitrogens with zero attached hydrogens (tertiary/aromatic N) is 3. The molecule has 0 radical (unpaired) electrons. The molecule has 0 bridgehead atoms. The monoisotopic (exact) mass is 310 g/mol. The van der Waals surface area contributed by atoms with Crippen molar-refractivity contribution in [2.45, 2.75) is 33.4 Å². The molecular formula is C13H18N4OS2. The highest BCUT2D eigenvalue weighted by Crippen LogP contribution is 2.18. The van der Waals surface area contributed by atoms with Crippen LogP contribution in [0.4, 0.5) is 5.13 Å². The zero-order valence-corrected chi connectivity index (χ0v) is 13.4. The summed E-state index contributed by atoms with van der Waals surface area (Å²) in [5, 5.41) is 10.8. The molecule has 0 saturated carbocycles. The molecule has 108 valence electrons. The summed E-state index contributed by atoms with van der Waals surface area (Å²) < 4.78 is 0. The third-order valence-electron chi connectivity index (χ3n) is 2.84. The molecule has 0 aromatic carbocycles. The van der Waals surface area contributed by atoms with Gasteiger partial charge in [0.1, 0.15) is 5.51 Å². The average Bonchev–Trinajstić information content (AvgIpc) is 3.00. The minimum absolute atomic E-state index is 0.0521. The highest BCUT2D eigenvalue weighted by Gasteiger charge is 2.16. The molecule has 0 saturated heterocycles. The van der Waals surface area contributed by atoms with E-state index >= 15 is 0 Å². The summed E-state index contributed by atoms with van der Waals surface area (Å²) in [7, 11) is 0. The average molecular weight is 310 g/mol. The molecule has 2 rings (SSSR count). The zero-order valence-electron chi connectivity index (χ0n) is 11.8. The number of hydrogen-bond acceptors (Lipinski definition) is 6. The maximum atomic E-state index is 12.0. The van der Waals surface area contributed by atoms with Crippen LogP contribution in [0.5, 0.6) is 0 Å². The number of thiophene rings is 1. The van der Waals surface area contributed by atoms with Gasteiger partial charge in [-0.2, -0.15) is 0 Å².